The first-order valence-corrected chi connectivity index (χ1v) is 2.93. The molecule has 2 nitrogen and oxygen atoms in total. The van der Waals surface area contributed by atoms with Gasteiger partial charge in [0.2, 0.25) is 0 Å². The van der Waals surface area contributed by atoms with E-state index in [1.54, 1.807) is 0 Å². The molecule has 1 fully saturated rings. The van der Waals surface area contributed by atoms with Crippen molar-refractivity contribution in [3.63, 3.8) is 0 Å². The largest absolute Gasteiger partial charge is 0.412 e. The molecule has 1 aliphatic rings. The van der Waals surface area contributed by atoms with Gasteiger partial charge in [0.1, 0.15) is 0 Å². The van der Waals surface area contributed by atoms with E-state index in [1.807, 2.05) is 6.92 Å². The molecule has 0 saturated heterocycles. The van der Waals surface area contributed by atoms with Crippen molar-refractivity contribution in [2.75, 3.05) is 0 Å². The molecule has 0 bridgehead atoms. The van der Waals surface area contributed by atoms with E-state index in [4.69, 9.17) is 0 Å². The topological polar surface area (TPSA) is 51.7 Å². The molecule has 2 heteroatoms. The molecule has 0 aromatic rings. The van der Waals surface area contributed by atoms with E-state index in [-0.39, 0.29) is 11.1 Å². The number of rotatable bonds is 0. The summed E-state index contributed by atoms with van der Waals surface area (Å²) in [5.41, 5.74) is -0.306. The molecule has 0 radical (unpaired) electrons. The fourth-order valence-electron chi connectivity index (χ4n) is 1.14. The highest BCUT2D eigenvalue weighted by Gasteiger charge is 2.24. The molecule has 0 atom stereocenters. The summed E-state index contributed by atoms with van der Waals surface area (Å²) in [5, 5.41) is 9.19. The van der Waals surface area contributed by atoms with Crippen LogP contribution in [-0.4, -0.2) is 16.2 Å². The average molecular weight is 118 g/mol. The van der Waals surface area contributed by atoms with Crippen LogP contribution in [0.4, 0.5) is 0 Å². The normalized spacial score (nSPS) is 24.8. The van der Waals surface area contributed by atoms with E-state index in [0.29, 0.717) is 0 Å². The van der Waals surface area contributed by atoms with E-state index in [0.717, 1.165) is 12.8 Å². The van der Waals surface area contributed by atoms with Gasteiger partial charge in [0.25, 0.3) is 0 Å². The van der Waals surface area contributed by atoms with Crippen molar-refractivity contribution >= 4 is 0 Å². The Morgan fingerprint density at radius 3 is 1.75 bits per heavy atom. The highest BCUT2D eigenvalue weighted by molar-refractivity contribution is 4.78. The Balaban J connectivity index is 0.000000490. The van der Waals surface area contributed by atoms with Gasteiger partial charge in [-0.05, 0) is 19.8 Å². The minimum absolute atomic E-state index is 0. The monoisotopic (exact) mass is 118 g/mol. The van der Waals surface area contributed by atoms with E-state index in [1.165, 1.54) is 12.8 Å². The minimum atomic E-state index is -0.306. The van der Waals surface area contributed by atoms with Gasteiger partial charge in [-0.1, -0.05) is 12.8 Å². The summed E-state index contributed by atoms with van der Waals surface area (Å²) in [4.78, 5) is 0. The summed E-state index contributed by atoms with van der Waals surface area (Å²) in [6.45, 7) is 1.92. The predicted molar refractivity (Wildman–Crippen MR) is 32.7 cm³/mol. The van der Waals surface area contributed by atoms with Crippen LogP contribution < -0.4 is 0 Å². The molecule has 3 N–H and O–H groups in total. The molecule has 0 amide bonds. The molecule has 0 spiro atoms. The third-order valence-electron chi connectivity index (χ3n) is 1.68. The molecule has 0 aromatic carbocycles. The van der Waals surface area contributed by atoms with Crippen LogP contribution in [0.25, 0.3) is 0 Å². The van der Waals surface area contributed by atoms with Crippen LogP contribution >= 0.6 is 0 Å². The lowest BCUT2D eigenvalue weighted by Gasteiger charge is -2.12. The van der Waals surface area contributed by atoms with E-state index < -0.39 is 0 Å². The SMILES string of the molecule is CC1(O)CCCC1.O. The second-order valence-electron chi connectivity index (χ2n) is 2.70. The van der Waals surface area contributed by atoms with Crippen LogP contribution in [0.15, 0.2) is 0 Å². The smallest absolute Gasteiger partial charge is 0.0619 e. The Labute approximate surface area is 49.8 Å². The lowest BCUT2D eigenvalue weighted by molar-refractivity contribution is 0.0681. The third-order valence-corrected chi connectivity index (χ3v) is 1.68. The molecular formula is C6H14O2. The van der Waals surface area contributed by atoms with Crippen LogP contribution in [0.2, 0.25) is 0 Å². The zero-order chi connectivity index (χ0) is 5.33. The zero-order valence-electron chi connectivity index (χ0n) is 5.28. The fraction of sp³-hybridized carbons (Fsp3) is 1.00. The van der Waals surface area contributed by atoms with Crippen molar-refractivity contribution in [2.45, 2.75) is 38.2 Å². The lowest BCUT2D eigenvalue weighted by Crippen LogP contribution is -2.17. The molecule has 1 aliphatic carbocycles. The molecule has 1 saturated carbocycles. The van der Waals surface area contributed by atoms with Gasteiger partial charge in [-0.15, -0.1) is 0 Å². The Morgan fingerprint density at radius 2 is 1.62 bits per heavy atom. The van der Waals surface area contributed by atoms with Crippen molar-refractivity contribution in [1.82, 2.24) is 0 Å². The van der Waals surface area contributed by atoms with Gasteiger partial charge in [-0.25, -0.2) is 0 Å². The predicted octanol–water partition coefficient (Wildman–Crippen LogP) is 0.487. The molecule has 0 heterocycles. The van der Waals surface area contributed by atoms with Crippen molar-refractivity contribution in [3.8, 4) is 0 Å². The van der Waals surface area contributed by atoms with Gasteiger partial charge in [0.15, 0.2) is 0 Å². The maximum Gasteiger partial charge on any atom is 0.0619 e. The summed E-state index contributed by atoms with van der Waals surface area (Å²) in [5.74, 6) is 0. The van der Waals surface area contributed by atoms with Crippen LogP contribution in [0, 0.1) is 0 Å². The summed E-state index contributed by atoms with van der Waals surface area (Å²) < 4.78 is 0. The van der Waals surface area contributed by atoms with Crippen molar-refractivity contribution in [2.24, 2.45) is 0 Å². The first-order valence-electron chi connectivity index (χ1n) is 2.93. The van der Waals surface area contributed by atoms with Gasteiger partial charge < -0.3 is 10.6 Å². The third kappa shape index (κ3) is 1.80. The first-order chi connectivity index (χ1) is 3.21. The first kappa shape index (κ1) is 7.92. The zero-order valence-corrected chi connectivity index (χ0v) is 5.28. The number of hydrogen-bond donors (Lipinski definition) is 1. The Bertz CT molecular complexity index is 60.9. The van der Waals surface area contributed by atoms with Gasteiger partial charge in [-0.2, -0.15) is 0 Å². The van der Waals surface area contributed by atoms with Crippen molar-refractivity contribution in [3.05, 3.63) is 0 Å². The Kier molecular flexibility index (Phi) is 2.44. The number of aliphatic hydroxyl groups is 1. The van der Waals surface area contributed by atoms with Gasteiger partial charge >= 0.3 is 0 Å². The van der Waals surface area contributed by atoms with Gasteiger partial charge in [0.05, 0.1) is 5.60 Å². The highest BCUT2D eigenvalue weighted by Crippen LogP contribution is 2.27. The van der Waals surface area contributed by atoms with E-state index in [9.17, 15) is 5.11 Å². The maximum absolute atomic E-state index is 9.19. The second kappa shape index (κ2) is 2.46. The molecular weight excluding hydrogens is 104 g/mol. The summed E-state index contributed by atoms with van der Waals surface area (Å²) in [7, 11) is 0. The molecule has 0 aromatic heterocycles. The van der Waals surface area contributed by atoms with Crippen molar-refractivity contribution in [1.29, 1.82) is 0 Å². The Morgan fingerprint density at radius 1 is 1.25 bits per heavy atom. The quantitative estimate of drug-likeness (QED) is 0.494. The van der Waals surface area contributed by atoms with Crippen LogP contribution in [0.1, 0.15) is 32.6 Å². The van der Waals surface area contributed by atoms with Crippen molar-refractivity contribution < 1.29 is 10.6 Å². The standard InChI is InChI=1S/C6H12O.H2O/c1-6(7)4-2-3-5-6;/h7H,2-5H2,1H3;1H2. The summed E-state index contributed by atoms with van der Waals surface area (Å²) in [6.07, 6.45) is 4.44. The fourth-order valence-corrected chi connectivity index (χ4v) is 1.14. The molecule has 8 heavy (non-hydrogen) atoms. The summed E-state index contributed by atoms with van der Waals surface area (Å²) >= 11 is 0. The van der Waals surface area contributed by atoms with Crippen LogP contribution in [0.5, 0.6) is 0 Å². The maximum atomic E-state index is 9.19. The van der Waals surface area contributed by atoms with E-state index in [2.05, 4.69) is 0 Å². The Hall–Kier alpha value is -0.0800. The highest BCUT2D eigenvalue weighted by atomic mass is 16.3. The second-order valence-corrected chi connectivity index (χ2v) is 2.70. The molecule has 0 unspecified atom stereocenters. The molecule has 1 rings (SSSR count). The average Bonchev–Trinajstić information content (AvgIpc) is 1.84. The molecule has 50 valence electrons. The van der Waals surface area contributed by atoms with Crippen LogP contribution in [-0.2, 0) is 0 Å². The lowest BCUT2D eigenvalue weighted by atomic mass is 10.1. The number of hydrogen-bond acceptors (Lipinski definition) is 1. The van der Waals surface area contributed by atoms with E-state index >= 15 is 0 Å². The minimum Gasteiger partial charge on any atom is -0.412 e. The van der Waals surface area contributed by atoms with Gasteiger partial charge in [-0.3, -0.25) is 0 Å². The molecule has 0 aliphatic heterocycles. The van der Waals surface area contributed by atoms with Gasteiger partial charge in [0, 0.05) is 0 Å². The summed E-state index contributed by atoms with van der Waals surface area (Å²) in [6, 6.07) is 0. The van der Waals surface area contributed by atoms with Crippen LogP contribution in [0.3, 0.4) is 0 Å².